The zero-order valence-corrected chi connectivity index (χ0v) is 13.7. The summed E-state index contributed by atoms with van der Waals surface area (Å²) >= 11 is 0. The van der Waals surface area contributed by atoms with E-state index >= 15 is 0 Å². The van der Waals surface area contributed by atoms with Gasteiger partial charge in [-0.2, -0.15) is 10.1 Å². The number of pyridine rings is 1. The maximum Gasteiger partial charge on any atom is 0.345 e. The van der Waals surface area contributed by atoms with Crippen LogP contribution in [0.1, 0.15) is 28.9 Å². The van der Waals surface area contributed by atoms with Gasteiger partial charge in [-0.3, -0.25) is 4.79 Å². The van der Waals surface area contributed by atoms with Crippen molar-refractivity contribution in [2.75, 3.05) is 0 Å². The van der Waals surface area contributed by atoms with Gasteiger partial charge in [0.15, 0.2) is 0 Å². The highest BCUT2D eigenvalue weighted by molar-refractivity contribution is 5.76. The molecule has 3 aromatic heterocycles. The molecule has 0 unspecified atom stereocenters. The van der Waals surface area contributed by atoms with E-state index in [2.05, 4.69) is 20.4 Å². The Labute approximate surface area is 138 Å². The van der Waals surface area contributed by atoms with E-state index in [1.54, 1.807) is 17.6 Å². The van der Waals surface area contributed by atoms with Crippen molar-refractivity contribution in [3.05, 3.63) is 63.6 Å². The number of H-pyrrole nitrogens is 1. The number of aryl methyl sites for hydroxylation is 2. The molecule has 3 aromatic rings. The largest absolute Gasteiger partial charge is 0.352 e. The van der Waals surface area contributed by atoms with Gasteiger partial charge in [0.1, 0.15) is 0 Å². The first-order chi connectivity index (χ1) is 11.5. The third-order valence-electron chi connectivity index (χ3n) is 4.06. The lowest BCUT2D eigenvalue weighted by Gasteiger charge is -2.09. The first kappa shape index (κ1) is 15.9. The summed E-state index contributed by atoms with van der Waals surface area (Å²) in [6, 6.07) is 5.79. The molecule has 0 spiro atoms. The highest BCUT2D eigenvalue weighted by Crippen LogP contribution is 2.11. The molecule has 7 heteroatoms. The molecule has 7 nitrogen and oxygen atoms in total. The molecule has 0 fully saturated rings. The number of rotatable bonds is 5. The fourth-order valence-electron chi connectivity index (χ4n) is 2.81. The van der Waals surface area contributed by atoms with Crippen molar-refractivity contribution in [1.29, 1.82) is 0 Å². The van der Waals surface area contributed by atoms with Crippen LogP contribution in [0.2, 0.25) is 0 Å². The van der Waals surface area contributed by atoms with Gasteiger partial charge in [0.25, 0.3) is 0 Å². The molecule has 3 heterocycles. The van der Waals surface area contributed by atoms with Crippen LogP contribution in [0, 0.1) is 13.8 Å². The fraction of sp³-hybridized carbons (Fsp3) is 0.294. The molecule has 0 aliphatic carbocycles. The number of hydrogen-bond donors (Lipinski definition) is 2. The summed E-state index contributed by atoms with van der Waals surface area (Å²) in [6.45, 7) is 4.07. The van der Waals surface area contributed by atoms with Gasteiger partial charge in [-0.1, -0.05) is 6.07 Å². The second kappa shape index (κ2) is 6.66. The summed E-state index contributed by atoms with van der Waals surface area (Å²) in [5, 5.41) is 7.11. The second-order valence-electron chi connectivity index (χ2n) is 5.70. The van der Waals surface area contributed by atoms with Crippen molar-refractivity contribution in [3.63, 3.8) is 0 Å². The van der Waals surface area contributed by atoms with E-state index in [9.17, 15) is 9.59 Å². The van der Waals surface area contributed by atoms with Crippen LogP contribution in [0.4, 0.5) is 0 Å². The standard InChI is InChI=1S/C17H19N5O2/c1-11-14(12(2)21-17(24)20-11)5-6-16(23)18-10-13-4-3-9-22-15(13)7-8-19-22/h3-4,7-9H,5-6,10H2,1-2H3,(H,18,23)(H,20,21,24). The number of aromatic amines is 1. The van der Waals surface area contributed by atoms with E-state index in [4.69, 9.17) is 0 Å². The summed E-state index contributed by atoms with van der Waals surface area (Å²) in [7, 11) is 0. The zero-order valence-electron chi connectivity index (χ0n) is 13.7. The highest BCUT2D eigenvalue weighted by Gasteiger charge is 2.09. The van der Waals surface area contributed by atoms with Gasteiger partial charge in [0.05, 0.1) is 5.52 Å². The smallest absolute Gasteiger partial charge is 0.345 e. The molecule has 124 valence electrons. The molecule has 0 radical (unpaired) electrons. The minimum absolute atomic E-state index is 0.0403. The van der Waals surface area contributed by atoms with E-state index in [-0.39, 0.29) is 11.6 Å². The first-order valence-electron chi connectivity index (χ1n) is 7.79. The summed E-state index contributed by atoms with van der Waals surface area (Å²) in [5.41, 5.74) is 4.00. The van der Waals surface area contributed by atoms with Crippen LogP contribution >= 0.6 is 0 Å². The number of amides is 1. The molecule has 0 aliphatic rings. The third kappa shape index (κ3) is 3.34. The number of carbonyl (C=O) groups excluding carboxylic acids is 1. The number of hydrogen-bond acceptors (Lipinski definition) is 4. The van der Waals surface area contributed by atoms with E-state index in [0.717, 1.165) is 22.3 Å². The van der Waals surface area contributed by atoms with Gasteiger partial charge in [-0.05, 0) is 43.5 Å². The molecule has 2 N–H and O–H groups in total. The van der Waals surface area contributed by atoms with Gasteiger partial charge in [-0.25, -0.2) is 9.31 Å². The lowest BCUT2D eigenvalue weighted by Crippen LogP contribution is -2.24. The minimum Gasteiger partial charge on any atom is -0.352 e. The van der Waals surface area contributed by atoms with Gasteiger partial charge in [0, 0.05) is 36.7 Å². The van der Waals surface area contributed by atoms with Gasteiger partial charge < -0.3 is 10.3 Å². The van der Waals surface area contributed by atoms with Crippen molar-refractivity contribution < 1.29 is 4.79 Å². The lowest BCUT2D eigenvalue weighted by molar-refractivity contribution is -0.121. The van der Waals surface area contributed by atoms with E-state index < -0.39 is 0 Å². The third-order valence-corrected chi connectivity index (χ3v) is 4.06. The SMILES string of the molecule is Cc1nc(=O)[nH]c(C)c1CCC(=O)NCc1cccn2nccc12. The maximum absolute atomic E-state index is 12.1. The van der Waals surface area contributed by atoms with Crippen LogP contribution in [0.3, 0.4) is 0 Å². The molecule has 1 amide bonds. The number of fused-ring (bicyclic) bond motifs is 1. The van der Waals surface area contributed by atoms with Crippen LogP contribution < -0.4 is 11.0 Å². The minimum atomic E-state index is -0.355. The molecule has 0 atom stereocenters. The van der Waals surface area contributed by atoms with Crippen LogP contribution in [-0.4, -0.2) is 25.5 Å². The average molecular weight is 325 g/mol. The molecule has 0 saturated carbocycles. The lowest BCUT2D eigenvalue weighted by atomic mass is 10.1. The summed E-state index contributed by atoms with van der Waals surface area (Å²) < 4.78 is 1.78. The van der Waals surface area contributed by atoms with Crippen LogP contribution in [0.5, 0.6) is 0 Å². The van der Waals surface area contributed by atoms with Crippen molar-refractivity contribution >= 4 is 11.4 Å². The topological polar surface area (TPSA) is 92.1 Å². The molecule has 0 saturated heterocycles. The fourth-order valence-corrected chi connectivity index (χ4v) is 2.81. The monoisotopic (exact) mass is 325 g/mol. The molecular formula is C17H19N5O2. The predicted octanol–water partition coefficient (Wildman–Crippen LogP) is 1.28. The number of aromatic nitrogens is 4. The normalized spacial score (nSPS) is 10.9. The Bertz CT molecular complexity index is 915. The first-order valence-corrected chi connectivity index (χ1v) is 7.79. The van der Waals surface area contributed by atoms with Crippen LogP contribution in [0.25, 0.3) is 5.52 Å². The van der Waals surface area contributed by atoms with Crippen LogP contribution in [-0.2, 0) is 17.8 Å². The number of nitrogens with one attached hydrogen (secondary N) is 2. The van der Waals surface area contributed by atoms with Crippen molar-refractivity contribution in [2.24, 2.45) is 0 Å². The van der Waals surface area contributed by atoms with Gasteiger partial charge in [0.2, 0.25) is 5.91 Å². The second-order valence-corrected chi connectivity index (χ2v) is 5.70. The molecule has 24 heavy (non-hydrogen) atoms. The summed E-state index contributed by atoms with van der Waals surface area (Å²) in [6.07, 6.45) is 4.49. The van der Waals surface area contributed by atoms with Crippen LogP contribution in [0.15, 0.2) is 35.4 Å². The Balaban J connectivity index is 1.61. The molecule has 0 aromatic carbocycles. The molecule has 0 aliphatic heterocycles. The van der Waals surface area contributed by atoms with Crippen molar-refractivity contribution in [2.45, 2.75) is 33.2 Å². The summed E-state index contributed by atoms with van der Waals surface area (Å²) in [5.74, 6) is -0.0403. The van der Waals surface area contributed by atoms with E-state index in [1.165, 1.54) is 0 Å². The Morgan fingerprint density at radius 3 is 2.96 bits per heavy atom. The van der Waals surface area contributed by atoms with Crippen molar-refractivity contribution in [1.82, 2.24) is 24.9 Å². The Morgan fingerprint density at radius 1 is 1.33 bits per heavy atom. The number of carbonyl (C=O) groups is 1. The molecular weight excluding hydrogens is 306 g/mol. The van der Waals surface area contributed by atoms with E-state index in [0.29, 0.717) is 25.1 Å². The number of nitrogens with zero attached hydrogens (tertiary/aromatic N) is 3. The Kier molecular flexibility index (Phi) is 4.41. The Hall–Kier alpha value is -2.96. The molecule has 3 rings (SSSR count). The molecule has 0 bridgehead atoms. The van der Waals surface area contributed by atoms with Gasteiger partial charge >= 0.3 is 5.69 Å². The quantitative estimate of drug-likeness (QED) is 0.739. The van der Waals surface area contributed by atoms with E-state index in [1.807, 2.05) is 31.3 Å². The maximum atomic E-state index is 12.1. The predicted molar refractivity (Wildman–Crippen MR) is 89.7 cm³/mol. The van der Waals surface area contributed by atoms with Crippen molar-refractivity contribution in [3.8, 4) is 0 Å². The van der Waals surface area contributed by atoms with Gasteiger partial charge in [-0.15, -0.1) is 0 Å². The Morgan fingerprint density at radius 2 is 2.17 bits per heavy atom. The average Bonchev–Trinajstić information content (AvgIpc) is 3.01. The summed E-state index contributed by atoms with van der Waals surface area (Å²) in [4.78, 5) is 30.0. The zero-order chi connectivity index (χ0) is 17.1. The highest BCUT2D eigenvalue weighted by atomic mass is 16.1.